The van der Waals surface area contributed by atoms with Crippen LogP contribution in [0.1, 0.15) is 20.7 Å². The first-order valence-electron chi connectivity index (χ1n) is 8.29. The number of carbonyl (C=O) groups excluding carboxylic acids is 2. The largest absolute Gasteiger partial charge is 0.495 e. The summed E-state index contributed by atoms with van der Waals surface area (Å²) in [6.07, 6.45) is 0. The normalized spacial score (nSPS) is 10.2. The Bertz CT molecular complexity index is 1020. The van der Waals surface area contributed by atoms with Crippen molar-refractivity contribution in [2.24, 2.45) is 0 Å². The highest BCUT2D eigenvalue weighted by Crippen LogP contribution is 2.28. The van der Waals surface area contributed by atoms with E-state index < -0.39 is 0 Å². The van der Waals surface area contributed by atoms with Gasteiger partial charge in [0.1, 0.15) is 5.75 Å². The molecule has 28 heavy (non-hydrogen) atoms. The summed E-state index contributed by atoms with van der Waals surface area (Å²) in [6, 6.07) is 18.3. The van der Waals surface area contributed by atoms with Gasteiger partial charge in [-0.25, -0.2) is 0 Å². The van der Waals surface area contributed by atoms with Crippen LogP contribution in [0.5, 0.6) is 5.75 Å². The fourth-order valence-corrected chi connectivity index (χ4v) is 2.81. The van der Waals surface area contributed by atoms with Crippen LogP contribution in [0, 0.1) is 0 Å². The Kier molecular flexibility index (Phi) is 6.19. The summed E-state index contributed by atoms with van der Waals surface area (Å²) in [5.41, 5.74) is 1.73. The molecular formula is C21H16Cl2N2O3. The van der Waals surface area contributed by atoms with Crippen LogP contribution >= 0.6 is 23.2 Å². The van der Waals surface area contributed by atoms with E-state index in [0.29, 0.717) is 38.3 Å². The number of amides is 2. The summed E-state index contributed by atoms with van der Waals surface area (Å²) in [5.74, 6) is -0.229. The fourth-order valence-electron chi connectivity index (χ4n) is 2.51. The molecule has 0 bridgehead atoms. The number of anilines is 2. The number of hydrogen-bond donors (Lipinski definition) is 2. The second kappa shape index (κ2) is 8.78. The monoisotopic (exact) mass is 414 g/mol. The highest BCUT2D eigenvalue weighted by molar-refractivity contribution is 6.42. The van der Waals surface area contributed by atoms with Gasteiger partial charge in [-0.15, -0.1) is 0 Å². The first-order chi connectivity index (χ1) is 13.5. The molecular weight excluding hydrogens is 399 g/mol. The van der Waals surface area contributed by atoms with Crippen LogP contribution in [0.2, 0.25) is 10.0 Å². The summed E-state index contributed by atoms with van der Waals surface area (Å²) in [6.45, 7) is 0. The zero-order valence-electron chi connectivity index (χ0n) is 14.8. The third-order valence-electron chi connectivity index (χ3n) is 3.92. The van der Waals surface area contributed by atoms with E-state index in [4.69, 9.17) is 27.9 Å². The molecule has 0 radical (unpaired) electrons. The van der Waals surface area contributed by atoms with E-state index in [0.717, 1.165) is 0 Å². The Balaban J connectivity index is 1.82. The predicted molar refractivity (Wildman–Crippen MR) is 112 cm³/mol. The Hall–Kier alpha value is -3.02. The molecule has 0 aromatic heterocycles. The average molecular weight is 415 g/mol. The van der Waals surface area contributed by atoms with Gasteiger partial charge >= 0.3 is 0 Å². The first-order valence-corrected chi connectivity index (χ1v) is 9.04. The maximum absolute atomic E-state index is 12.6. The third-order valence-corrected chi connectivity index (χ3v) is 4.66. The second-order valence-electron chi connectivity index (χ2n) is 5.82. The molecule has 0 unspecified atom stereocenters. The minimum absolute atomic E-state index is 0.305. The van der Waals surface area contributed by atoms with E-state index in [2.05, 4.69) is 10.6 Å². The van der Waals surface area contributed by atoms with Crippen LogP contribution in [0.15, 0.2) is 66.7 Å². The van der Waals surface area contributed by atoms with Crippen molar-refractivity contribution in [2.75, 3.05) is 17.7 Å². The summed E-state index contributed by atoms with van der Waals surface area (Å²) in [7, 11) is 1.49. The minimum Gasteiger partial charge on any atom is -0.495 e. The van der Waals surface area contributed by atoms with E-state index in [-0.39, 0.29) is 11.8 Å². The maximum atomic E-state index is 12.6. The Morgan fingerprint density at radius 2 is 1.50 bits per heavy atom. The van der Waals surface area contributed by atoms with Crippen molar-refractivity contribution in [3.05, 3.63) is 87.9 Å². The van der Waals surface area contributed by atoms with Crippen LogP contribution in [0.4, 0.5) is 11.4 Å². The summed E-state index contributed by atoms with van der Waals surface area (Å²) in [4.78, 5) is 25.0. The highest BCUT2D eigenvalue weighted by Gasteiger charge is 2.14. The van der Waals surface area contributed by atoms with Crippen molar-refractivity contribution in [3.63, 3.8) is 0 Å². The number of hydrogen-bond acceptors (Lipinski definition) is 3. The van der Waals surface area contributed by atoms with Crippen molar-refractivity contribution in [2.45, 2.75) is 0 Å². The van der Waals surface area contributed by atoms with E-state index in [1.807, 2.05) is 6.07 Å². The molecule has 7 heteroatoms. The average Bonchev–Trinajstić information content (AvgIpc) is 2.71. The molecule has 5 nitrogen and oxygen atoms in total. The molecule has 2 N–H and O–H groups in total. The Labute approximate surface area is 172 Å². The standard InChI is InChI=1S/C21H16Cl2N2O3/c1-28-19-10-7-14(21(27)24-15-8-9-16(22)17(23)12-15)11-18(19)25-20(26)13-5-3-2-4-6-13/h2-12H,1H3,(H,24,27)(H,25,26). The molecule has 0 heterocycles. The van der Waals surface area contributed by atoms with Gasteiger partial charge in [-0.05, 0) is 48.5 Å². The third kappa shape index (κ3) is 4.63. The predicted octanol–water partition coefficient (Wildman–Crippen LogP) is 5.51. The molecule has 0 aliphatic carbocycles. The zero-order chi connectivity index (χ0) is 20.1. The Morgan fingerprint density at radius 1 is 0.786 bits per heavy atom. The van der Waals surface area contributed by atoms with E-state index in [9.17, 15) is 9.59 Å². The lowest BCUT2D eigenvalue weighted by Crippen LogP contribution is -2.15. The van der Waals surface area contributed by atoms with Crippen LogP contribution in [-0.4, -0.2) is 18.9 Å². The SMILES string of the molecule is COc1ccc(C(=O)Nc2ccc(Cl)c(Cl)c2)cc1NC(=O)c1ccccc1. The molecule has 0 saturated carbocycles. The molecule has 0 aliphatic heterocycles. The lowest BCUT2D eigenvalue weighted by atomic mass is 10.1. The fraction of sp³-hybridized carbons (Fsp3) is 0.0476. The minimum atomic E-state index is -0.365. The van der Waals surface area contributed by atoms with E-state index >= 15 is 0 Å². The summed E-state index contributed by atoms with van der Waals surface area (Å²) < 4.78 is 5.29. The Morgan fingerprint density at radius 3 is 2.18 bits per heavy atom. The van der Waals surface area contributed by atoms with Crippen LogP contribution in [0.3, 0.4) is 0 Å². The molecule has 0 spiro atoms. The highest BCUT2D eigenvalue weighted by atomic mass is 35.5. The topological polar surface area (TPSA) is 67.4 Å². The molecule has 3 rings (SSSR count). The number of nitrogens with one attached hydrogen (secondary N) is 2. The van der Waals surface area contributed by atoms with Gasteiger partial charge in [0.2, 0.25) is 0 Å². The molecule has 3 aromatic rings. The molecule has 0 aliphatic rings. The van der Waals surface area contributed by atoms with Gasteiger partial charge in [0.05, 0.1) is 22.8 Å². The maximum Gasteiger partial charge on any atom is 0.255 e. The van der Waals surface area contributed by atoms with Crippen LogP contribution in [-0.2, 0) is 0 Å². The second-order valence-corrected chi connectivity index (χ2v) is 6.63. The number of carbonyl (C=O) groups is 2. The van der Waals surface area contributed by atoms with Crippen LogP contribution < -0.4 is 15.4 Å². The first kappa shape index (κ1) is 19.7. The number of benzene rings is 3. The quantitative estimate of drug-likeness (QED) is 0.578. The number of ether oxygens (including phenoxy) is 1. The molecule has 0 atom stereocenters. The van der Waals surface area contributed by atoms with Gasteiger partial charge < -0.3 is 15.4 Å². The number of methoxy groups -OCH3 is 1. The number of rotatable bonds is 5. The van der Waals surface area contributed by atoms with Crippen molar-refractivity contribution in [1.29, 1.82) is 0 Å². The summed E-state index contributed by atoms with van der Waals surface area (Å²) >= 11 is 11.9. The van der Waals surface area contributed by atoms with E-state index in [1.54, 1.807) is 60.7 Å². The molecule has 3 aromatic carbocycles. The summed E-state index contributed by atoms with van der Waals surface area (Å²) in [5, 5.41) is 6.25. The smallest absolute Gasteiger partial charge is 0.255 e. The zero-order valence-corrected chi connectivity index (χ0v) is 16.3. The molecule has 0 fully saturated rings. The lowest BCUT2D eigenvalue weighted by Gasteiger charge is -2.13. The van der Waals surface area contributed by atoms with Crippen LogP contribution in [0.25, 0.3) is 0 Å². The van der Waals surface area contributed by atoms with Gasteiger partial charge in [0, 0.05) is 16.8 Å². The van der Waals surface area contributed by atoms with Crippen molar-refractivity contribution in [1.82, 2.24) is 0 Å². The molecule has 142 valence electrons. The molecule has 0 saturated heterocycles. The van der Waals surface area contributed by atoms with Crippen molar-refractivity contribution >= 4 is 46.4 Å². The van der Waals surface area contributed by atoms with E-state index in [1.165, 1.54) is 7.11 Å². The van der Waals surface area contributed by atoms with Gasteiger partial charge in [-0.3, -0.25) is 9.59 Å². The van der Waals surface area contributed by atoms with Gasteiger partial charge in [-0.1, -0.05) is 41.4 Å². The van der Waals surface area contributed by atoms with Gasteiger partial charge in [-0.2, -0.15) is 0 Å². The van der Waals surface area contributed by atoms with Gasteiger partial charge in [0.15, 0.2) is 0 Å². The van der Waals surface area contributed by atoms with Gasteiger partial charge in [0.25, 0.3) is 11.8 Å². The molecule has 2 amide bonds. The number of halogens is 2. The van der Waals surface area contributed by atoms with Crippen molar-refractivity contribution < 1.29 is 14.3 Å². The lowest BCUT2D eigenvalue weighted by molar-refractivity contribution is 0.101. The van der Waals surface area contributed by atoms with Crippen molar-refractivity contribution in [3.8, 4) is 5.75 Å².